The third kappa shape index (κ3) is 3.67. The highest BCUT2D eigenvalue weighted by Crippen LogP contribution is 2.25. The van der Waals surface area contributed by atoms with Gasteiger partial charge in [-0.3, -0.25) is 4.79 Å². The van der Waals surface area contributed by atoms with Gasteiger partial charge in [-0.1, -0.05) is 29.8 Å². The van der Waals surface area contributed by atoms with Gasteiger partial charge in [-0.2, -0.15) is 5.10 Å². The fraction of sp³-hybridized carbons (Fsp3) is 0.158. The van der Waals surface area contributed by atoms with E-state index in [0.717, 1.165) is 11.4 Å². The normalized spacial score (nSPS) is 10.5. The smallest absolute Gasteiger partial charge is 0.259 e. The number of benzene rings is 2. The molecule has 25 heavy (non-hydrogen) atoms. The molecule has 0 radical (unpaired) electrons. The number of nitrogens with zero attached hydrogens (tertiary/aromatic N) is 2. The van der Waals surface area contributed by atoms with Crippen LogP contribution in [0, 0.1) is 6.92 Å². The Labute approximate surface area is 151 Å². The highest BCUT2D eigenvalue weighted by Gasteiger charge is 2.16. The minimum Gasteiger partial charge on any atom is -0.492 e. The number of anilines is 1. The average molecular weight is 356 g/mol. The van der Waals surface area contributed by atoms with Gasteiger partial charge in [-0.15, -0.1) is 0 Å². The van der Waals surface area contributed by atoms with E-state index in [1.54, 1.807) is 29.1 Å². The van der Waals surface area contributed by atoms with E-state index < -0.39 is 0 Å². The van der Waals surface area contributed by atoms with E-state index in [1.807, 2.05) is 44.2 Å². The molecule has 0 unspecified atom stereocenters. The third-order valence-corrected chi connectivity index (χ3v) is 3.98. The lowest BCUT2D eigenvalue weighted by Crippen LogP contribution is -2.14. The molecule has 1 heterocycles. The number of carbonyl (C=O) groups is 1. The van der Waals surface area contributed by atoms with Crippen molar-refractivity contribution in [2.45, 2.75) is 13.8 Å². The lowest BCUT2D eigenvalue weighted by molar-refractivity contribution is 0.102. The van der Waals surface area contributed by atoms with Crippen LogP contribution in [0.4, 0.5) is 5.69 Å². The van der Waals surface area contributed by atoms with Crippen molar-refractivity contribution in [3.63, 3.8) is 0 Å². The number of ether oxygens (including phenoxy) is 1. The number of hydrogen-bond acceptors (Lipinski definition) is 3. The summed E-state index contributed by atoms with van der Waals surface area (Å²) in [6, 6.07) is 14.7. The molecule has 1 amide bonds. The van der Waals surface area contributed by atoms with Gasteiger partial charge in [-0.25, -0.2) is 4.68 Å². The predicted molar refractivity (Wildman–Crippen MR) is 98.9 cm³/mol. The Morgan fingerprint density at radius 1 is 1.24 bits per heavy atom. The molecule has 3 aromatic rings. The molecule has 0 saturated carbocycles. The quantitative estimate of drug-likeness (QED) is 0.733. The molecule has 6 heteroatoms. The molecule has 1 N–H and O–H groups in total. The monoisotopic (exact) mass is 355 g/mol. The average Bonchev–Trinajstić information content (AvgIpc) is 2.98. The van der Waals surface area contributed by atoms with Crippen molar-refractivity contribution in [3.05, 3.63) is 71.0 Å². The zero-order valence-corrected chi connectivity index (χ0v) is 14.7. The van der Waals surface area contributed by atoms with Crippen molar-refractivity contribution >= 4 is 23.2 Å². The van der Waals surface area contributed by atoms with E-state index in [9.17, 15) is 4.79 Å². The second kappa shape index (κ2) is 7.40. The molecule has 3 rings (SSSR count). The molecule has 0 saturated heterocycles. The Morgan fingerprint density at radius 3 is 2.80 bits per heavy atom. The topological polar surface area (TPSA) is 56.1 Å². The van der Waals surface area contributed by atoms with Gasteiger partial charge in [0.25, 0.3) is 5.91 Å². The van der Waals surface area contributed by atoms with Crippen LogP contribution in [-0.2, 0) is 0 Å². The first-order chi connectivity index (χ1) is 12.1. The van der Waals surface area contributed by atoms with E-state index in [1.165, 1.54) is 0 Å². The van der Waals surface area contributed by atoms with Crippen molar-refractivity contribution in [1.82, 2.24) is 9.78 Å². The number of nitrogens with one attached hydrogen (secondary N) is 1. The summed E-state index contributed by atoms with van der Waals surface area (Å²) in [7, 11) is 0. The fourth-order valence-electron chi connectivity index (χ4n) is 2.54. The van der Waals surface area contributed by atoms with Crippen LogP contribution in [0.15, 0.2) is 54.7 Å². The molecule has 0 aliphatic rings. The van der Waals surface area contributed by atoms with Crippen molar-refractivity contribution in [3.8, 4) is 11.4 Å². The molecule has 128 valence electrons. The van der Waals surface area contributed by atoms with Gasteiger partial charge < -0.3 is 10.1 Å². The summed E-state index contributed by atoms with van der Waals surface area (Å²) in [6.07, 6.45) is 1.55. The zero-order chi connectivity index (χ0) is 17.8. The maximum atomic E-state index is 12.7. The van der Waals surface area contributed by atoms with Gasteiger partial charge in [0.15, 0.2) is 0 Å². The van der Waals surface area contributed by atoms with Crippen LogP contribution in [0.5, 0.6) is 5.75 Å². The number of carbonyl (C=O) groups excluding carboxylic acids is 1. The van der Waals surface area contributed by atoms with E-state index in [0.29, 0.717) is 28.6 Å². The lowest BCUT2D eigenvalue weighted by atomic mass is 10.2. The Hall–Kier alpha value is -2.79. The largest absolute Gasteiger partial charge is 0.492 e. The highest BCUT2D eigenvalue weighted by atomic mass is 35.5. The standard InChI is InChI=1S/C19H18ClN3O2/c1-3-25-18-10-5-4-9-17(18)22-19(24)16-12-21-23(13(16)2)15-8-6-7-14(20)11-15/h4-12H,3H2,1-2H3,(H,22,24). The Balaban J connectivity index is 1.87. The minimum atomic E-state index is -0.238. The highest BCUT2D eigenvalue weighted by molar-refractivity contribution is 6.30. The number of aromatic nitrogens is 2. The molecule has 0 atom stereocenters. The first-order valence-electron chi connectivity index (χ1n) is 7.94. The Morgan fingerprint density at radius 2 is 2.04 bits per heavy atom. The first kappa shape index (κ1) is 17.0. The molecule has 0 bridgehead atoms. The van der Waals surface area contributed by atoms with Crippen LogP contribution in [0.2, 0.25) is 5.02 Å². The molecule has 2 aromatic carbocycles. The number of para-hydroxylation sites is 2. The van der Waals surface area contributed by atoms with E-state index in [4.69, 9.17) is 16.3 Å². The van der Waals surface area contributed by atoms with Gasteiger partial charge in [0.05, 0.1) is 35.4 Å². The molecule has 5 nitrogen and oxygen atoms in total. The summed E-state index contributed by atoms with van der Waals surface area (Å²) in [6.45, 7) is 4.27. The number of halogens is 1. The second-order valence-corrected chi connectivity index (χ2v) is 5.86. The number of amides is 1. The number of rotatable bonds is 5. The van der Waals surface area contributed by atoms with Crippen LogP contribution >= 0.6 is 11.6 Å². The van der Waals surface area contributed by atoms with Gasteiger partial charge in [-0.05, 0) is 44.2 Å². The fourth-order valence-corrected chi connectivity index (χ4v) is 2.73. The van der Waals surface area contributed by atoms with Crippen LogP contribution in [0.25, 0.3) is 5.69 Å². The first-order valence-corrected chi connectivity index (χ1v) is 8.31. The van der Waals surface area contributed by atoms with E-state index >= 15 is 0 Å². The van der Waals surface area contributed by atoms with E-state index in [-0.39, 0.29) is 5.91 Å². The molecule has 0 aliphatic heterocycles. The summed E-state index contributed by atoms with van der Waals surface area (Å²) in [5.74, 6) is 0.399. The number of hydrogen-bond donors (Lipinski definition) is 1. The van der Waals surface area contributed by atoms with Crippen molar-refractivity contribution in [2.24, 2.45) is 0 Å². The van der Waals surface area contributed by atoms with Crippen molar-refractivity contribution < 1.29 is 9.53 Å². The summed E-state index contributed by atoms with van der Waals surface area (Å²) in [5.41, 5.74) is 2.66. The minimum absolute atomic E-state index is 0.238. The summed E-state index contributed by atoms with van der Waals surface area (Å²) >= 11 is 6.04. The van der Waals surface area contributed by atoms with Gasteiger partial charge in [0, 0.05) is 5.02 Å². The van der Waals surface area contributed by atoms with Gasteiger partial charge >= 0.3 is 0 Å². The molecule has 0 spiro atoms. The second-order valence-electron chi connectivity index (χ2n) is 5.42. The summed E-state index contributed by atoms with van der Waals surface area (Å²) in [4.78, 5) is 12.7. The van der Waals surface area contributed by atoms with Crippen LogP contribution in [0.3, 0.4) is 0 Å². The summed E-state index contributed by atoms with van der Waals surface area (Å²) in [5, 5.41) is 7.81. The lowest BCUT2D eigenvalue weighted by Gasteiger charge is -2.11. The van der Waals surface area contributed by atoms with E-state index in [2.05, 4.69) is 10.4 Å². The molecule has 0 fully saturated rings. The molecule has 1 aromatic heterocycles. The maximum Gasteiger partial charge on any atom is 0.259 e. The van der Waals surface area contributed by atoms with Crippen LogP contribution in [0.1, 0.15) is 23.0 Å². The van der Waals surface area contributed by atoms with Gasteiger partial charge in [0.1, 0.15) is 5.75 Å². The van der Waals surface area contributed by atoms with Crippen molar-refractivity contribution in [1.29, 1.82) is 0 Å². The van der Waals surface area contributed by atoms with Gasteiger partial charge in [0.2, 0.25) is 0 Å². The molecular weight excluding hydrogens is 338 g/mol. The van der Waals surface area contributed by atoms with Crippen LogP contribution in [-0.4, -0.2) is 22.3 Å². The molecule has 0 aliphatic carbocycles. The Bertz CT molecular complexity index is 905. The predicted octanol–water partition coefficient (Wildman–Crippen LogP) is 4.49. The SMILES string of the molecule is CCOc1ccccc1NC(=O)c1cnn(-c2cccc(Cl)c2)c1C. The summed E-state index contributed by atoms with van der Waals surface area (Å²) < 4.78 is 7.23. The van der Waals surface area contributed by atoms with Crippen LogP contribution < -0.4 is 10.1 Å². The Kier molecular flexibility index (Phi) is 5.05. The third-order valence-electron chi connectivity index (χ3n) is 3.74. The van der Waals surface area contributed by atoms with Crippen molar-refractivity contribution in [2.75, 3.05) is 11.9 Å². The maximum absolute atomic E-state index is 12.7. The zero-order valence-electron chi connectivity index (χ0n) is 14.0. The molecular formula is C19H18ClN3O2.